The van der Waals surface area contributed by atoms with Crippen LogP contribution >= 0.6 is 0 Å². The number of nitrogen functional groups attached to an aromatic ring is 1. The summed E-state index contributed by atoms with van der Waals surface area (Å²) in [6.45, 7) is 0. The average molecular weight is 496 g/mol. The topological polar surface area (TPSA) is 177 Å². The van der Waals surface area contributed by atoms with Crippen molar-refractivity contribution in [3.8, 4) is 11.1 Å². The molecule has 0 unspecified atom stereocenters. The number of carbonyl (C=O) groups excluding carboxylic acids is 2. The molecular formula is C24H25N5O5S. The number of rotatable bonds is 8. The molecule has 3 aromatic carbocycles. The molecular weight excluding hydrogens is 470 g/mol. The molecule has 0 fully saturated rings. The maximum absolute atomic E-state index is 13.0. The lowest BCUT2D eigenvalue weighted by Gasteiger charge is -2.18. The summed E-state index contributed by atoms with van der Waals surface area (Å²) in [6, 6.07) is 18.7. The van der Waals surface area contributed by atoms with Gasteiger partial charge in [-0.25, -0.2) is 18.4 Å². The lowest BCUT2D eigenvalue weighted by Crippen LogP contribution is -2.45. The van der Waals surface area contributed by atoms with Gasteiger partial charge < -0.3 is 21.1 Å². The molecule has 0 aliphatic rings. The zero-order chi connectivity index (χ0) is 25.6. The molecule has 3 rings (SSSR count). The van der Waals surface area contributed by atoms with Crippen molar-refractivity contribution < 1.29 is 22.7 Å². The SMILES string of the molecule is COC(=O)N[C@@H](Cc1cccc(C(=N)N)c1)C(=O)Nc1ccc(-c2ccccc2S(N)(=O)=O)cc1. The van der Waals surface area contributed by atoms with Crippen LogP contribution in [0, 0.1) is 5.41 Å². The maximum Gasteiger partial charge on any atom is 0.407 e. The van der Waals surface area contributed by atoms with Gasteiger partial charge in [0.15, 0.2) is 0 Å². The molecule has 0 aliphatic carbocycles. The number of anilines is 1. The monoisotopic (exact) mass is 495 g/mol. The number of primary sulfonamides is 1. The van der Waals surface area contributed by atoms with Crippen molar-refractivity contribution in [1.29, 1.82) is 5.41 Å². The van der Waals surface area contributed by atoms with Crippen LogP contribution in [0.3, 0.4) is 0 Å². The van der Waals surface area contributed by atoms with Crippen LogP contribution in [0.25, 0.3) is 11.1 Å². The minimum Gasteiger partial charge on any atom is -0.453 e. The van der Waals surface area contributed by atoms with E-state index in [9.17, 15) is 18.0 Å². The Morgan fingerprint density at radius 3 is 2.34 bits per heavy atom. The molecule has 3 aromatic rings. The van der Waals surface area contributed by atoms with E-state index in [1.165, 1.54) is 13.2 Å². The molecule has 0 bridgehead atoms. The number of methoxy groups -OCH3 is 1. The highest BCUT2D eigenvalue weighted by Gasteiger charge is 2.22. The summed E-state index contributed by atoms with van der Waals surface area (Å²) in [7, 11) is -2.72. The summed E-state index contributed by atoms with van der Waals surface area (Å²) in [5.41, 5.74) is 8.18. The van der Waals surface area contributed by atoms with Gasteiger partial charge >= 0.3 is 6.09 Å². The van der Waals surface area contributed by atoms with Gasteiger partial charge in [-0.15, -0.1) is 0 Å². The number of amides is 2. The predicted molar refractivity (Wildman–Crippen MR) is 132 cm³/mol. The van der Waals surface area contributed by atoms with Crippen LogP contribution in [0.5, 0.6) is 0 Å². The molecule has 7 N–H and O–H groups in total. The molecule has 0 heterocycles. The molecule has 11 heteroatoms. The highest BCUT2D eigenvalue weighted by molar-refractivity contribution is 7.89. The van der Waals surface area contributed by atoms with Crippen LogP contribution in [0.1, 0.15) is 11.1 Å². The lowest BCUT2D eigenvalue weighted by molar-refractivity contribution is -0.118. The van der Waals surface area contributed by atoms with Crippen LogP contribution in [0.15, 0.2) is 77.7 Å². The van der Waals surface area contributed by atoms with Gasteiger partial charge in [-0.3, -0.25) is 10.2 Å². The fourth-order valence-corrected chi connectivity index (χ4v) is 4.19. The first-order valence-electron chi connectivity index (χ1n) is 10.4. The van der Waals surface area contributed by atoms with E-state index in [-0.39, 0.29) is 17.2 Å². The molecule has 0 saturated carbocycles. The summed E-state index contributed by atoms with van der Waals surface area (Å²) >= 11 is 0. The van der Waals surface area contributed by atoms with Crippen molar-refractivity contribution in [2.24, 2.45) is 10.9 Å². The quantitative estimate of drug-likeness (QED) is 0.236. The maximum atomic E-state index is 13.0. The Bertz CT molecular complexity index is 1360. The highest BCUT2D eigenvalue weighted by Crippen LogP contribution is 2.27. The van der Waals surface area contributed by atoms with Crippen LogP contribution < -0.4 is 21.5 Å². The van der Waals surface area contributed by atoms with E-state index in [1.807, 2.05) is 0 Å². The average Bonchev–Trinajstić information content (AvgIpc) is 2.83. The Hall–Kier alpha value is -4.22. The molecule has 0 spiro atoms. The molecule has 2 amide bonds. The number of amidine groups is 1. The fourth-order valence-electron chi connectivity index (χ4n) is 3.43. The minimum atomic E-state index is -3.92. The third-order valence-corrected chi connectivity index (χ3v) is 6.10. The Morgan fingerprint density at radius 2 is 1.71 bits per heavy atom. The zero-order valence-electron chi connectivity index (χ0n) is 18.8. The number of sulfonamides is 1. The van der Waals surface area contributed by atoms with Crippen molar-refractivity contribution in [1.82, 2.24) is 5.32 Å². The summed E-state index contributed by atoms with van der Waals surface area (Å²) in [5, 5.41) is 18.1. The van der Waals surface area contributed by atoms with Crippen molar-refractivity contribution in [2.75, 3.05) is 12.4 Å². The Labute approximate surface area is 202 Å². The summed E-state index contributed by atoms with van der Waals surface area (Å²) in [5.74, 6) is -0.612. The molecule has 0 saturated heterocycles. The number of carbonyl (C=O) groups is 2. The lowest BCUT2D eigenvalue weighted by atomic mass is 10.0. The van der Waals surface area contributed by atoms with E-state index in [1.54, 1.807) is 66.7 Å². The van der Waals surface area contributed by atoms with Gasteiger partial charge in [-0.2, -0.15) is 0 Å². The summed E-state index contributed by atoms with van der Waals surface area (Å²) in [6.07, 6.45) is -0.648. The second-order valence-corrected chi connectivity index (χ2v) is 9.14. The van der Waals surface area contributed by atoms with Crippen molar-refractivity contribution in [2.45, 2.75) is 17.4 Å². The number of hydrogen-bond acceptors (Lipinski definition) is 6. The van der Waals surface area contributed by atoms with E-state index in [0.717, 1.165) is 0 Å². The van der Waals surface area contributed by atoms with E-state index < -0.39 is 28.1 Å². The number of ether oxygens (including phenoxy) is 1. The standard InChI is InChI=1S/C24H25N5O5S/c1-34-24(31)29-20(14-15-5-4-6-17(13-15)22(25)26)23(30)28-18-11-9-16(10-12-18)19-7-2-3-8-21(19)35(27,32)33/h2-13,20H,14H2,1H3,(H3,25,26)(H,28,30)(H,29,31)(H2,27,32,33)/t20-/m0/s1. The number of hydrogen-bond donors (Lipinski definition) is 5. The number of nitrogens with one attached hydrogen (secondary N) is 3. The smallest absolute Gasteiger partial charge is 0.407 e. The Balaban J connectivity index is 1.81. The van der Waals surface area contributed by atoms with E-state index in [0.29, 0.717) is 27.9 Å². The van der Waals surface area contributed by atoms with E-state index in [2.05, 4.69) is 15.4 Å². The number of benzene rings is 3. The van der Waals surface area contributed by atoms with Crippen molar-refractivity contribution in [3.05, 3.63) is 83.9 Å². The second kappa shape index (κ2) is 10.8. The van der Waals surface area contributed by atoms with Gasteiger partial charge in [0, 0.05) is 23.2 Å². The van der Waals surface area contributed by atoms with Crippen LogP contribution in [0.2, 0.25) is 0 Å². The summed E-state index contributed by atoms with van der Waals surface area (Å²) in [4.78, 5) is 24.8. The molecule has 0 aromatic heterocycles. The van der Waals surface area contributed by atoms with Gasteiger partial charge in [-0.05, 0) is 35.4 Å². The molecule has 0 radical (unpaired) electrons. The van der Waals surface area contributed by atoms with Gasteiger partial charge in [-0.1, -0.05) is 48.5 Å². The van der Waals surface area contributed by atoms with E-state index >= 15 is 0 Å². The molecule has 182 valence electrons. The number of nitrogens with two attached hydrogens (primary N) is 2. The first-order valence-corrected chi connectivity index (χ1v) is 11.9. The van der Waals surface area contributed by atoms with Crippen LogP contribution in [-0.4, -0.2) is 39.4 Å². The van der Waals surface area contributed by atoms with Crippen LogP contribution in [-0.2, 0) is 26.0 Å². The first-order chi connectivity index (χ1) is 16.6. The van der Waals surface area contributed by atoms with Crippen molar-refractivity contribution >= 4 is 33.5 Å². The largest absolute Gasteiger partial charge is 0.453 e. The Morgan fingerprint density at radius 1 is 1.03 bits per heavy atom. The highest BCUT2D eigenvalue weighted by atomic mass is 32.2. The first kappa shape index (κ1) is 25.4. The fraction of sp³-hybridized carbons (Fsp3) is 0.125. The zero-order valence-corrected chi connectivity index (χ0v) is 19.6. The summed E-state index contributed by atoms with van der Waals surface area (Å²) < 4.78 is 28.4. The molecule has 10 nitrogen and oxygen atoms in total. The Kier molecular flexibility index (Phi) is 7.84. The molecule has 0 aliphatic heterocycles. The third-order valence-electron chi connectivity index (χ3n) is 5.13. The molecule has 35 heavy (non-hydrogen) atoms. The third kappa shape index (κ3) is 6.65. The minimum absolute atomic E-state index is 0.00748. The predicted octanol–water partition coefficient (Wildman–Crippen LogP) is 2.19. The van der Waals surface area contributed by atoms with Gasteiger partial charge in [0.25, 0.3) is 0 Å². The van der Waals surface area contributed by atoms with Gasteiger partial charge in [0.2, 0.25) is 15.9 Å². The van der Waals surface area contributed by atoms with Crippen molar-refractivity contribution in [3.63, 3.8) is 0 Å². The van der Waals surface area contributed by atoms with Crippen LogP contribution in [0.4, 0.5) is 10.5 Å². The van der Waals surface area contributed by atoms with E-state index in [4.69, 9.17) is 16.3 Å². The number of alkyl carbamates (subject to hydrolysis) is 1. The molecule has 1 atom stereocenters. The van der Waals surface area contributed by atoms with Gasteiger partial charge in [0.1, 0.15) is 11.9 Å². The van der Waals surface area contributed by atoms with Gasteiger partial charge in [0.05, 0.1) is 12.0 Å². The second-order valence-electron chi connectivity index (χ2n) is 7.61. The normalized spacial score (nSPS) is 11.8.